The van der Waals surface area contributed by atoms with Crippen molar-refractivity contribution in [3.05, 3.63) is 69.7 Å². The molecule has 0 unspecified atom stereocenters. The summed E-state index contributed by atoms with van der Waals surface area (Å²) in [5, 5.41) is 2.84. The Kier molecular flexibility index (Phi) is 6.49. The topological polar surface area (TPSA) is 72.5 Å². The summed E-state index contributed by atoms with van der Waals surface area (Å²) in [6.45, 7) is 6.12. The predicted molar refractivity (Wildman–Crippen MR) is 110 cm³/mol. The van der Waals surface area contributed by atoms with Crippen LogP contribution in [0.4, 0.5) is 5.69 Å². The second kappa shape index (κ2) is 8.27. The van der Waals surface area contributed by atoms with Crippen molar-refractivity contribution in [3.8, 4) is 0 Å². The van der Waals surface area contributed by atoms with E-state index in [-0.39, 0.29) is 10.3 Å². The smallest absolute Gasteiger partial charge is 0.351 e. The largest absolute Gasteiger partial charge is 0.465 e. The molecule has 0 fully saturated rings. The first-order valence-electron chi connectivity index (χ1n) is 8.22. The molecule has 0 radical (unpaired) electrons. The average Bonchev–Trinajstić information content (AvgIpc) is 2.62. The van der Waals surface area contributed by atoms with Gasteiger partial charge in [0.25, 0.3) is 0 Å². The van der Waals surface area contributed by atoms with Gasteiger partial charge >= 0.3 is 5.97 Å². The molecule has 0 saturated carbocycles. The summed E-state index contributed by atoms with van der Waals surface area (Å²) in [4.78, 5) is 11.7. The first-order chi connectivity index (χ1) is 12.6. The van der Waals surface area contributed by atoms with Crippen LogP contribution in [0.3, 0.4) is 0 Å². The van der Waals surface area contributed by atoms with Gasteiger partial charge in [0.15, 0.2) is 4.91 Å². The van der Waals surface area contributed by atoms with Crippen molar-refractivity contribution in [1.29, 1.82) is 0 Å². The number of carbonyl (C=O) groups excluding carboxylic acids is 1. The lowest BCUT2D eigenvalue weighted by atomic mass is 9.87. The first kappa shape index (κ1) is 21.2. The van der Waals surface area contributed by atoms with Gasteiger partial charge in [0.1, 0.15) is 0 Å². The van der Waals surface area contributed by atoms with Gasteiger partial charge < -0.3 is 10.1 Å². The Hall–Kier alpha value is -2.12. The molecule has 0 aliphatic rings. The summed E-state index contributed by atoms with van der Waals surface area (Å²) in [5.41, 5.74) is 1.53. The second-order valence-electron chi connectivity index (χ2n) is 6.93. The molecule has 0 aliphatic heterocycles. The van der Waals surface area contributed by atoms with Crippen LogP contribution in [0.15, 0.2) is 69.0 Å². The number of halogens is 1. The Labute approximate surface area is 168 Å². The van der Waals surface area contributed by atoms with Crippen molar-refractivity contribution >= 4 is 37.4 Å². The molecule has 2 rings (SSSR count). The molecule has 0 amide bonds. The molecule has 7 heteroatoms. The van der Waals surface area contributed by atoms with Crippen LogP contribution in [0.2, 0.25) is 0 Å². The number of methoxy groups -OCH3 is 1. The molecule has 0 atom stereocenters. The summed E-state index contributed by atoms with van der Waals surface area (Å²) < 4.78 is 31.5. The summed E-state index contributed by atoms with van der Waals surface area (Å²) >= 11 is 3.33. The summed E-state index contributed by atoms with van der Waals surface area (Å²) in [6, 6.07) is 13.6. The number of hydrogen-bond acceptors (Lipinski definition) is 5. The van der Waals surface area contributed by atoms with Crippen LogP contribution in [0, 0.1) is 0 Å². The lowest BCUT2D eigenvalue weighted by Gasteiger charge is -2.19. The van der Waals surface area contributed by atoms with Crippen molar-refractivity contribution in [2.45, 2.75) is 31.1 Å². The Morgan fingerprint density at radius 3 is 2.07 bits per heavy atom. The van der Waals surface area contributed by atoms with Crippen molar-refractivity contribution in [2.24, 2.45) is 0 Å². The number of ether oxygens (including phenoxy) is 1. The number of nitrogens with one attached hydrogen (secondary N) is 1. The fraction of sp³-hybridized carbons (Fsp3) is 0.250. The maximum absolute atomic E-state index is 13.0. The zero-order chi connectivity index (χ0) is 20.2. The first-order valence-corrected chi connectivity index (χ1v) is 10.5. The van der Waals surface area contributed by atoms with E-state index in [2.05, 4.69) is 26.0 Å². The van der Waals surface area contributed by atoms with Gasteiger partial charge in [-0.15, -0.1) is 0 Å². The number of benzene rings is 2. The summed E-state index contributed by atoms with van der Waals surface area (Å²) in [5.74, 6) is -0.931. The minimum Gasteiger partial charge on any atom is -0.465 e. The van der Waals surface area contributed by atoms with Crippen LogP contribution in [-0.4, -0.2) is 21.5 Å². The van der Waals surface area contributed by atoms with Crippen molar-refractivity contribution < 1.29 is 17.9 Å². The molecule has 0 saturated heterocycles. The quantitative estimate of drug-likeness (QED) is 0.528. The van der Waals surface area contributed by atoms with E-state index in [1.807, 2.05) is 20.8 Å². The Morgan fingerprint density at radius 2 is 1.59 bits per heavy atom. The second-order valence-corrected chi connectivity index (χ2v) is 9.76. The molecule has 2 aromatic rings. The van der Waals surface area contributed by atoms with E-state index in [0.717, 1.165) is 23.3 Å². The number of sulfone groups is 1. The lowest BCUT2D eigenvalue weighted by Crippen LogP contribution is -2.17. The molecule has 0 bridgehead atoms. The minimum absolute atomic E-state index is 0.0322. The Morgan fingerprint density at radius 1 is 1.04 bits per heavy atom. The number of rotatable bonds is 5. The van der Waals surface area contributed by atoms with Crippen LogP contribution in [-0.2, 0) is 24.8 Å². The maximum atomic E-state index is 13.0. The molecule has 1 N–H and O–H groups in total. The van der Waals surface area contributed by atoms with E-state index in [4.69, 9.17) is 0 Å². The zero-order valence-corrected chi connectivity index (χ0v) is 18.0. The van der Waals surface area contributed by atoms with Gasteiger partial charge in [-0.1, -0.05) is 48.8 Å². The Bertz CT molecular complexity index is 941. The van der Waals surface area contributed by atoms with Gasteiger partial charge in [-0.3, -0.25) is 0 Å². The highest BCUT2D eigenvalue weighted by molar-refractivity contribution is 9.10. The fourth-order valence-electron chi connectivity index (χ4n) is 2.30. The van der Waals surface area contributed by atoms with Gasteiger partial charge in [0.05, 0.1) is 12.0 Å². The van der Waals surface area contributed by atoms with Crippen LogP contribution >= 0.6 is 15.9 Å². The highest BCUT2D eigenvalue weighted by Crippen LogP contribution is 2.26. The fourth-order valence-corrected chi connectivity index (χ4v) is 3.83. The highest BCUT2D eigenvalue weighted by atomic mass is 79.9. The van der Waals surface area contributed by atoms with Gasteiger partial charge in [-0.2, -0.15) is 0 Å². The number of carbonyl (C=O) groups is 1. The van der Waals surface area contributed by atoms with Gasteiger partial charge in [-0.25, -0.2) is 13.2 Å². The zero-order valence-electron chi connectivity index (χ0n) is 15.6. The monoisotopic (exact) mass is 451 g/mol. The van der Waals surface area contributed by atoms with E-state index >= 15 is 0 Å². The predicted octanol–water partition coefficient (Wildman–Crippen LogP) is 4.65. The highest BCUT2D eigenvalue weighted by Gasteiger charge is 2.28. The molecule has 5 nitrogen and oxygen atoms in total. The third-order valence-electron chi connectivity index (χ3n) is 3.92. The van der Waals surface area contributed by atoms with E-state index < -0.39 is 20.7 Å². The normalized spacial score (nSPS) is 12.6. The van der Waals surface area contributed by atoms with Crippen LogP contribution in [0.1, 0.15) is 26.3 Å². The third-order valence-corrected chi connectivity index (χ3v) is 6.21. The van der Waals surface area contributed by atoms with Crippen LogP contribution < -0.4 is 5.32 Å². The van der Waals surface area contributed by atoms with Crippen LogP contribution in [0.5, 0.6) is 0 Å². The summed E-state index contributed by atoms with van der Waals surface area (Å²) in [6.07, 6.45) is 1.15. The molecule has 144 valence electrons. The molecule has 0 spiro atoms. The molecule has 2 aromatic carbocycles. The molecule has 0 aromatic heterocycles. The maximum Gasteiger partial charge on any atom is 0.351 e. The van der Waals surface area contributed by atoms with E-state index in [1.54, 1.807) is 36.4 Å². The number of anilines is 1. The van der Waals surface area contributed by atoms with Crippen molar-refractivity contribution in [2.75, 3.05) is 12.4 Å². The van der Waals surface area contributed by atoms with Crippen LogP contribution in [0.25, 0.3) is 0 Å². The summed E-state index contributed by atoms with van der Waals surface area (Å²) in [7, 11) is -2.89. The number of esters is 1. The van der Waals surface area contributed by atoms with E-state index in [1.165, 1.54) is 12.1 Å². The van der Waals surface area contributed by atoms with E-state index in [0.29, 0.717) is 5.69 Å². The Balaban J connectivity index is 2.40. The molecule has 27 heavy (non-hydrogen) atoms. The SMILES string of the molecule is COC(=O)/C(=C\Nc1ccc(Br)cc1)S(=O)(=O)c1ccc(C(C)(C)C)cc1. The number of hydrogen-bond donors (Lipinski definition) is 1. The standard InChI is InChI=1S/C20H22BrNO4S/c1-20(2,3)14-5-11-17(12-6-14)27(24,25)18(19(23)26-4)13-22-16-9-7-15(21)8-10-16/h5-13,22H,1-4H3/b18-13+. The minimum atomic E-state index is -4.04. The van der Waals surface area contributed by atoms with Gasteiger partial charge in [0, 0.05) is 16.4 Å². The molecule has 0 aliphatic carbocycles. The third kappa shape index (κ3) is 5.20. The average molecular weight is 452 g/mol. The van der Waals surface area contributed by atoms with Crippen molar-refractivity contribution in [1.82, 2.24) is 0 Å². The van der Waals surface area contributed by atoms with Gasteiger partial charge in [-0.05, 0) is 47.4 Å². The van der Waals surface area contributed by atoms with Gasteiger partial charge in [0.2, 0.25) is 9.84 Å². The molecule has 0 heterocycles. The lowest BCUT2D eigenvalue weighted by molar-refractivity contribution is -0.135. The molecular formula is C20H22BrNO4S. The van der Waals surface area contributed by atoms with Crippen molar-refractivity contribution in [3.63, 3.8) is 0 Å². The van der Waals surface area contributed by atoms with E-state index in [9.17, 15) is 13.2 Å². The molecular weight excluding hydrogens is 430 g/mol.